The first-order chi connectivity index (χ1) is 11.0. The van der Waals surface area contributed by atoms with Crippen LogP contribution in [-0.2, 0) is 9.53 Å². The van der Waals surface area contributed by atoms with E-state index in [1.165, 1.54) is 18.6 Å². The van der Waals surface area contributed by atoms with Gasteiger partial charge in [-0.2, -0.15) is 5.26 Å². The van der Waals surface area contributed by atoms with E-state index in [0.29, 0.717) is 17.0 Å². The molecule has 3 unspecified atom stereocenters. The molecule has 1 amide bonds. The first kappa shape index (κ1) is 17.0. The Hall–Kier alpha value is -2.35. The van der Waals surface area contributed by atoms with Crippen molar-refractivity contribution in [1.82, 2.24) is 5.32 Å². The SMILES string of the molecule is CC(OC(=O)c1ccc(C#N)cc1)C(=O)NC1CCCCC1C. The molecule has 1 aromatic rings. The molecule has 5 heteroatoms. The van der Waals surface area contributed by atoms with Crippen molar-refractivity contribution >= 4 is 11.9 Å². The van der Waals surface area contributed by atoms with Crippen molar-refractivity contribution in [3.8, 4) is 6.07 Å². The summed E-state index contributed by atoms with van der Waals surface area (Å²) in [5.74, 6) is -0.367. The average molecular weight is 314 g/mol. The van der Waals surface area contributed by atoms with Crippen LogP contribution in [0.5, 0.6) is 0 Å². The number of carbonyl (C=O) groups excluding carboxylic acids is 2. The van der Waals surface area contributed by atoms with Gasteiger partial charge in [0.1, 0.15) is 0 Å². The van der Waals surface area contributed by atoms with Gasteiger partial charge in [0.15, 0.2) is 6.10 Å². The molecule has 0 aromatic heterocycles. The lowest BCUT2D eigenvalue weighted by Gasteiger charge is -2.30. The van der Waals surface area contributed by atoms with Crippen LogP contribution >= 0.6 is 0 Å². The molecule has 1 fully saturated rings. The minimum Gasteiger partial charge on any atom is -0.449 e. The van der Waals surface area contributed by atoms with E-state index >= 15 is 0 Å². The van der Waals surface area contributed by atoms with Gasteiger partial charge in [0.2, 0.25) is 0 Å². The van der Waals surface area contributed by atoms with E-state index in [-0.39, 0.29) is 11.9 Å². The van der Waals surface area contributed by atoms with Crippen molar-refractivity contribution in [2.24, 2.45) is 5.92 Å². The van der Waals surface area contributed by atoms with E-state index in [4.69, 9.17) is 10.00 Å². The lowest BCUT2D eigenvalue weighted by Crippen LogP contribution is -2.45. The number of nitriles is 1. The third-order valence-corrected chi connectivity index (χ3v) is 4.34. The van der Waals surface area contributed by atoms with E-state index in [9.17, 15) is 9.59 Å². The van der Waals surface area contributed by atoms with Crippen molar-refractivity contribution in [3.63, 3.8) is 0 Å². The van der Waals surface area contributed by atoms with Gasteiger partial charge in [-0.1, -0.05) is 19.8 Å². The van der Waals surface area contributed by atoms with Crippen LogP contribution in [-0.4, -0.2) is 24.0 Å². The number of rotatable bonds is 4. The Morgan fingerprint density at radius 2 is 1.91 bits per heavy atom. The quantitative estimate of drug-likeness (QED) is 0.867. The molecule has 0 radical (unpaired) electrons. The van der Waals surface area contributed by atoms with Crippen molar-refractivity contribution in [3.05, 3.63) is 35.4 Å². The second-order valence-electron chi connectivity index (χ2n) is 6.11. The Bertz CT molecular complexity index is 604. The fraction of sp³-hybridized carbons (Fsp3) is 0.500. The predicted octanol–water partition coefficient (Wildman–Crippen LogP) is 2.80. The number of nitrogens with zero attached hydrogens (tertiary/aromatic N) is 1. The van der Waals surface area contributed by atoms with Crippen LogP contribution < -0.4 is 5.32 Å². The smallest absolute Gasteiger partial charge is 0.338 e. The zero-order chi connectivity index (χ0) is 16.8. The Morgan fingerprint density at radius 3 is 2.52 bits per heavy atom. The average Bonchev–Trinajstić information content (AvgIpc) is 2.56. The highest BCUT2D eigenvalue weighted by Gasteiger charge is 2.26. The van der Waals surface area contributed by atoms with Gasteiger partial charge in [0.05, 0.1) is 17.2 Å². The number of ether oxygens (including phenoxy) is 1. The minimum atomic E-state index is -0.840. The van der Waals surface area contributed by atoms with Gasteiger partial charge < -0.3 is 10.1 Å². The van der Waals surface area contributed by atoms with E-state index in [1.54, 1.807) is 19.1 Å². The highest BCUT2D eigenvalue weighted by molar-refractivity contribution is 5.92. The normalized spacial score (nSPS) is 21.8. The van der Waals surface area contributed by atoms with Crippen LogP contribution in [0.15, 0.2) is 24.3 Å². The number of esters is 1. The molecule has 23 heavy (non-hydrogen) atoms. The number of benzene rings is 1. The van der Waals surface area contributed by atoms with Crippen LogP contribution in [0.25, 0.3) is 0 Å². The summed E-state index contributed by atoms with van der Waals surface area (Å²) in [5.41, 5.74) is 0.799. The second-order valence-corrected chi connectivity index (χ2v) is 6.11. The first-order valence-electron chi connectivity index (χ1n) is 8.02. The Morgan fingerprint density at radius 1 is 1.26 bits per heavy atom. The van der Waals surface area contributed by atoms with Crippen LogP contribution in [0.3, 0.4) is 0 Å². The van der Waals surface area contributed by atoms with Crippen LogP contribution in [0, 0.1) is 17.2 Å². The maximum atomic E-state index is 12.2. The molecule has 3 atom stereocenters. The summed E-state index contributed by atoms with van der Waals surface area (Å²) < 4.78 is 5.21. The van der Waals surface area contributed by atoms with Crippen molar-refractivity contribution in [1.29, 1.82) is 5.26 Å². The third-order valence-electron chi connectivity index (χ3n) is 4.34. The Labute approximate surface area is 136 Å². The monoisotopic (exact) mass is 314 g/mol. The van der Waals surface area contributed by atoms with Crippen molar-refractivity contribution in [2.75, 3.05) is 0 Å². The fourth-order valence-corrected chi connectivity index (χ4v) is 2.79. The second kappa shape index (κ2) is 7.77. The van der Waals surface area contributed by atoms with Gasteiger partial charge in [0.25, 0.3) is 5.91 Å². The molecule has 5 nitrogen and oxygen atoms in total. The summed E-state index contributed by atoms with van der Waals surface area (Å²) in [6.07, 6.45) is 3.58. The molecule has 2 rings (SSSR count). The maximum Gasteiger partial charge on any atom is 0.338 e. The predicted molar refractivity (Wildman–Crippen MR) is 85.6 cm³/mol. The van der Waals surface area contributed by atoms with Crippen LogP contribution in [0.1, 0.15) is 55.5 Å². The van der Waals surface area contributed by atoms with E-state index in [0.717, 1.165) is 19.3 Å². The van der Waals surface area contributed by atoms with E-state index in [2.05, 4.69) is 12.2 Å². The number of amides is 1. The molecule has 122 valence electrons. The molecule has 0 spiro atoms. The summed E-state index contributed by atoms with van der Waals surface area (Å²) in [7, 11) is 0. The molecule has 0 heterocycles. The number of hydrogen-bond donors (Lipinski definition) is 1. The van der Waals surface area contributed by atoms with Crippen LogP contribution in [0.4, 0.5) is 0 Å². The zero-order valence-corrected chi connectivity index (χ0v) is 13.5. The zero-order valence-electron chi connectivity index (χ0n) is 13.5. The summed E-state index contributed by atoms with van der Waals surface area (Å²) >= 11 is 0. The molecule has 1 saturated carbocycles. The van der Waals surface area contributed by atoms with Gasteiger partial charge in [-0.3, -0.25) is 4.79 Å². The molecule has 0 aliphatic heterocycles. The molecule has 1 aliphatic rings. The largest absolute Gasteiger partial charge is 0.449 e. The minimum absolute atomic E-state index is 0.160. The molecule has 0 bridgehead atoms. The standard InChI is InChI=1S/C18H22N2O3/c1-12-5-3-4-6-16(12)20-17(21)13(2)23-18(22)15-9-7-14(11-19)8-10-15/h7-10,12-13,16H,3-6H2,1-2H3,(H,20,21). The maximum absolute atomic E-state index is 12.2. The van der Waals surface area contributed by atoms with Gasteiger partial charge >= 0.3 is 5.97 Å². The molecule has 1 aliphatic carbocycles. The lowest BCUT2D eigenvalue weighted by molar-refractivity contribution is -0.130. The lowest BCUT2D eigenvalue weighted by atomic mass is 9.86. The first-order valence-corrected chi connectivity index (χ1v) is 8.02. The van der Waals surface area contributed by atoms with E-state index < -0.39 is 12.1 Å². The van der Waals surface area contributed by atoms with Gasteiger partial charge in [-0.15, -0.1) is 0 Å². The Kier molecular flexibility index (Phi) is 5.75. The van der Waals surface area contributed by atoms with Crippen LogP contribution in [0.2, 0.25) is 0 Å². The fourth-order valence-electron chi connectivity index (χ4n) is 2.79. The van der Waals surface area contributed by atoms with Gasteiger partial charge in [-0.05, 0) is 49.9 Å². The molecule has 0 saturated heterocycles. The van der Waals surface area contributed by atoms with Gasteiger partial charge in [-0.25, -0.2) is 4.79 Å². The summed E-state index contributed by atoms with van der Waals surface area (Å²) in [6, 6.07) is 8.28. The highest BCUT2D eigenvalue weighted by Crippen LogP contribution is 2.23. The van der Waals surface area contributed by atoms with Gasteiger partial charge in [0, 0.05) is 6.04 Å². The molecular weight excluding hydrogens is 292 g/mol. The van der Waals surface area contributed by atoms with Crippen molar-refractivity contribution < 1.29 is 14.3 Å². The number of carbonyl (C=O) groups is 2. The molecular formula is C18H22N2O3. The summed E-state index contributed by atoms with van der Waals surface area (Å²) in [6.45, 7) is 3.71. The summed E-state index contributed by atoms with van der Waals surface area (Å²) in [4.78, 5) is 24.2. The highest BCUT2D eigenvalue weighted by atomic mass is 16.5. The topological polar surface area (TPSA) is 79.2 Å². The summed E-state index contributed by atoms with van der Waals surface area (Å²) in [5, 5.41) is 11.7. The number of hydrogen-bond acceptors (Lipinski definition) is 4. The molecule has 1 aromatic carbocycles. The van der Waals surface area contributed by atoms with E-state index in [1.807, 2.05) is 6.07 Å². The van der Waals surface area contributed by atoms with Crippen molar-refractivity contribution in [2.45, 2.75) is 51.7 Å². The Balaban J connectivity index is 1.89. The third kappa shape index (κ3) is 4.56. The number of nitrogens with one attached hydrogen (secondary N) is 1. The molecule has 1 N–H and O–H groups in total.